The Morgan fingerprint density at radius 1 is 1.10 bits per heavy atom. The van der Waals surface area contributed by atoms with Crippen molar-refractivity contribution in [2.24, 2.45) is 0 Å². The lowest BCUT2D eigenvalue weighted by molar-refractivity contribution is 0.440. The maximum absolute atomic E-state index is 14.0. The van der Waals surface area contributed by atoms with Crippen LogP contribution in [-0.4, -0.2) is 6.04 Å². The van der Waals surface area contributed by atoms with E-state index < -0.39 is 11.6 Å². The first-order valence-corrected chi connectivity index (χ1v) is 6.98. The lowest BCUT2D eigenvalue weighted by atomic mass is 10.2. The van der Waals surface area contributed by atoms with Crippen LogP contribution in [0.2, 0.25) is 5.02 Å². The van der Waals surface area contributed by atoms with Crippen molar-refractivity contribution < 1.29 is 13.5 Å². The third-order valence-electron chi connectivity index (χ3n) is 2.82. The van der Waals surface area contributed by atoms with Gasteiger partial charge in [-0.25, -0.2) is 8.78 Å². The second-order valence-electron chi connectivity index (χ2n) is 4.98. The molecule has 0 aliphatic rings. The predicted molar refractivity (Wildman–Crippen MR) is 79.9 cm³/mol. The molecule has 2 aromatic rings. The number of benzene rings is 2. The van der Waals surface area contributed by atoms with Gasteiger partial charge in [0.25, 0.3) is 0 Å². The second kappa shape index (κ2) is 6.87. The van der Waals surface area contributed by atoms with Crippen molar-refractivity contribution in [1.82, 2.24) is 5.32 Å². The molecule has 0 bridgehead atoms. The van der Waals surface area contributed by atoms with Crippen LogP contribution in [0.5, 0.6) is 11.5 Å². The van der Waals surface area contributed by atoms with E-state index in [4.69, 9.17) is 16.3 Å². The zero-order valence-electron chi connectivity index (χ0n) is 11.8. The molecule has 0 aromatic heterocycles. The van der Waals surface area contributed by atoms with E-state index in [1.165, 1.54) is 24.3 Å². The van der Waals surface area contributed by atoms with Gasteiger partial charge in [-0.3, -0.25) is 0 Å². The fraction of sp³-hybridized carbons (Fsp3) is 0.250. The second-order valence-corrected chi connectivity index (χ2v) is 5.38. The molecule has 0 saturated heterocycles. The zero-order valence-corrected chi connectivity index (χ0v) is 12.5. The average Bonchev–Trinajstić information content (AvgIpc) is 2.42. The highest BCUT2D eigenvalue weighted by Crippen LogP contribution is 2.31. The van der Waals surface area contributed by atoms with E-state index >= 15 is 0 Å². The fourth-order valence-electron chi connectivity index (χ4n) is 1.74. The van der Waals surface area contributed by atoms with E-state index in [1.807, 2.05) is 13.8 Å². The largest absolute Gasteiger partial charge is 0.453 e. The lowest BCUT2D eigenvalue weighted by Crippen LogP contribution is -2.21. The van der Waals surface area contributed by atoms with Gasteiger partial charge in [-0.2, -0.15) is 0 Å². The zero-order chi connectivity index (χ0) is 15.4. The van der Waals surface area contributed by atoms with Gasteiger partial charge in [0, 0.05) is 12.6 Å². The smallest absolute Gasteiger partial charge is 0.166 e. The Labute approximate surface area is 127 Å². The van der Waals surface area contributed by atoms with E-state index in [-0.39, 0.29) is 16.5 Å². The van der Waals surface area contributed by atoms with Gasteiger partial charge in [0.2, 0.25) is 0 Å². The van der Waals surface area contributed by atoms with Crippen LogP contribution in [0.15, 0.2) is 36.4 Å². The van der Waals surface area contributed by atoms with Crippen LogP contribution < -0.4 is 10.1 Å². The lowest BCUT2D eigenvalue weighted by Gasteiger charge is -2.11. The summed E-state index contributed by atoms with van der Waals surface area (Å²) in [4.78, 5) is 0. The maximum Gasteiger partial charge on any atom is 0.166 e. The molecular weight excluding hydrogens is 296 g/mol. The first kappa shape index (κ1) is 15.7. The molecule has 2 aromatic carbocycles. The molecule has 1 N–H and O–H groups in total. The van der Waals surface area contributed by atoms with Gasteiger partial charge in [-0.05, 0) is 35.9 Å². The molecule has 0 radical (unpaired) electrons. The fourth-order valence-corrected chi connectivity index (χ4v) is 1.94. The van der Waals surface area contributed by atoms with Crippen LogP contribution in [0.4, 0.5) is 8.78 Å². The molecule has 0 aliphatic carbocycles. The highest BCUT2D eigenvalue weighted by atomic mass is 35.5. The minimum absolute atomic E-state index is 0.0526. The summed E-state index contributed by atoms with van der Waals surface area (Å²) >= 11 is 5.85. The molecule has 5 heteroatoms. The minimum Gasteiger partial charge on any atom is -0.453 e. The van der Waals surface area contributed by atoms with Crippen LogP contribution in [0.3, 0.4) is 0 Å². The number of rotatable bonds is 5. The summed E-state index contributed by atoms with van der Waals surface area (Å²) in [6.45, 7) is 4.61. The Morgan fingerprint density at radius 3 is 2.43 bits per heavy atom. The van der Waals surface area contributed by atoms with E-state index in [1.54, 1.807) is 6.07 Å². The average molecular weight is 312 g/mol. The van der Waals surface area contributed by atoms with Crippen LogP contribution in [0.25, 0.3) is 0 Å². The molecule has 112 valence electrons. The molecule has 2 nitrogen and oxygen atoms in total. The molecule has 2 rings (SSSR count). The number of nitrogens with one attached hydrogen (secondary N) is 1. The summed E-state index contributed by atoms with van der Waals surface area (Å²) < 4.78 is 32.3. The number of hydrogen-bond acceptors (Lipinski definition) is 2. The van der Waals surface area contributed by atoms with Gasteiger partial charge in [-0.15, -0.1) is 0 Å². The topological polar surface area (TPSA) is 21.3 Å². The number of halogens is 3. The van der Waals surface area contributed by atoms with Crippen molar-refractivity contribution in [2.45, 2.75) is 26.4 Å². The monoisotopic (exact) mass is 311 g/mol. The quantitative estimate of drug-likeness (QED) is 0.847. The minimum atomic E-state index is -0.488. The van der Waals surface area contributed by atoms with Crippen molar-refractivity contribution in [2.75, 3.05) is 0 Å². The van der Waals surface area contributed by atoms with Crippen molar-refractivity contribution in [3.8, 4) is 11.5 Å². The molecule has 0 aliphatic heterocycles. The molecule has 0 atom stereocenters. The Kier molecular flexibility index (Phi) is 5.15. The van der Waals surface area contributed by atoms with E-state index in [0.717, 1.165) is 11.6 Å². The van der Waals surface area contributed by atoms with Crippen molar-refractivity contribution in [1.29, 1.82) is 0 Å². The standard InChI is InChI=1S/C16H16ClF2NO/c1-10(2)20-9-11-3-5-16(14(19)7-11)21-15-6-4-12(18)8-13(15)17/h3-8,10,20H,9H2,1-2H3. The summed E-state index contributed by atoms with van der Waals surface area (Å²) in [5.41, 5.74) is 0.818. The highest BCUT2D eigenvalue weighted by molar-refractivity contribution is 6.32. The Bertz CT molecular complexity index is 632. The predicted octanol–water partition coefficient (Wildman–Crippen LogP) is 4.91. The summed E-state index contributed by atoms with van der Waals surface area (Å²) in [6.07, 6.45) is 0. The van der Waals surface area contributed by atoms with Gasteiger partial charge in [0.15, 0.2) is 11.6 Å². The summed E-state index contributed by atoms with van der Waals surface area (Å²) in [6, 6.07) is 8.72. The van der Waals surface area contributed by atoms with Gasteiger partial charge in [0.05, 0.1) is 5.02 Å². The third kappa shape index (κ3) is 4.41. The summed E-state index contributed by atoms with van der Waals surface area (Å²) in [7, 11) is 0. The van der Waals surface area contributed by atoms with Gasteiger partial charge in [0.1, 0.15) is 11.6 Å². The highest BCUT2D eigenvalue weighted by Gasteiger charge is 2.09. The maximum atomic E-state index is 14.0. The van der Waals surface area contributed by atoms with E-state index in [2.05, 4.69) is 5.32 Å². The Balaban J connectivity index is 2.13. The van der Waals surface area contributed by atoms with Gasteiger partial charge >= 0.3 is 0 Å². The summed E-state index contributed by atoms with van der Waals surface area (Å²) in [5, 5.41) is 3.30. The normalized spacial score (nSPS) is 11.0. The van der Waals surface area contributed by atoms with Crippen molar-refractivity contribution in [3.05, 3.63) is 58.6 Å². The van der Waals surface area contributed by atoms with Crippen LogP contribution in [0.1, 0.15) is 19.4 Å². The number of ether oxygens (including phenoxy) is 1. The molecule has 0 fully saturated rings. The Hall–Kier alpha value is -1.65. The molecule has 0 saturated carbocycles. The first-order chi connectivity index (χ1) is 9.95. The Morgan fingerprint density at radius 2 is 1.81 bits per heavy atom. The SMILES string of the molecule is CC(C)NCc1ccc(Oc2ccc(F)cc2Cl)c(F)c1. The van der Waals surface area contributed by atoms with Crippen LogP contribution >= 0.6 is 11.6 Å². The third-order valence-corrected chi connectivity index (χ3v) is 3.12. The van der Waals surface area contributed by atoms with Gasteiger partial charge < -0.3 is 10.1 Å². The molecule has 0 spiro atoms. The number of hydrogen-bond donors (Lipinski definition) is 1. The van der Waals surface area contributed by atoms with Crippen LogP contribution in [0, 0.1) is 11.6 Å². The molecule has 21 heavy (non-hydrogen) atoms. The van der Waals surface area contributed by atoms with Crippen molar-refractivity contribution in [3.63, 3.8) is 0 Å². The molecule has 0 amide bonds. The van der Waals surface area contributed by atoms with E-state index in [0.29, 0.717) is 12.6 Å². The van der Waals surface area contributed by atoms with E-state index in [9.17, 15) is 8.78 Å². The van der Waals surface area contributed by atoms with Crippen LogP contribution in [-0.2, 0) is 6.54 Å². The first-order valence-electron chi connectivity index (χ1n) is 6.60. The van der Waals surface area contributed by atoms with Crippen molar-refractivity contribution >= 4 is 11.6 Å². The summed E-state index contributed by atoms with van der Waals surface area (Å²) in [5.74, 6) is -0.691. The van der Waals surface area contributed by atoms with Gasteiger partial charge in [-0.1, -0.05) is 31.5 Å². The molecule has 0 unspecified atom stereocenters. The molecule has 0 heterocycles. The molecular formula is C16H16ClF2NO.